The Balaban J connectivity index is 1.74. The zero-order valence-electron chi connectivity index (χ0n) is 11.1. The number of nitrogens with one attached hydrogen (secondary N) is 1. The quantitative estimate of drug-likeness (QED) is 0.911. The molecule has 2 fully saturated rings. The van der Waals surface area contributed by atoms with Gasteiger partial charge in [-0.1, -0.05) is 0 Å². The molecule has 1 aliphatic carbocycles. The Bertz CT molecular complexity index is 384. The van der Waals surface area contributed by atoms with Crippen molar-refractivity contribution in [2.24, 2.45) is 0 Å². The summed E-state index contributed by atoms with van der Waals surface area (Å²) in [5.41, 5.74) is 1.47. The molecule has 3 nitrogen and oxygen atoms in total. The number of hydrogen-bond acceptors (Lipinski definition) is 3. The molecule has 3 rings (SSSR count). The van der Waals surface area contributed by atoms with Crippen molar-refractivity contribution < 1.29 is 0 Å². The monoisotopic (exact) mass is 265 g/mol. The molecule has 0 amide bonds. The van der Waals surface area contributed by atoms with Crippen LogP contribution in [0.25, 0.3) is 0 Å². The Hall–Kier alpha value is -0.480. The lowest BCUT2D eigenvalue weighted by Gasteiger charge is -2.26. The smallest absolute Gasteiger partial charge is 0.0950 e. The molecule has 1 aromatic heterocycles. The Kier molecular flexibility index (Phi) is 3.94. The highest BCUT2D eigenvalue weighted by atomic mass is 32.2. The molecule has 0 spiro atoms. The number of thioether (sulfide) groups is 1. The number of piperidine rings is 1. The first-order valence-electron chi connectivity index (χ1n) is 7.13. The van der Waals surface area contributed by atoms with Gasteiger partial charge in [-0.25, -0.2) is 4.98 Å². The summed E-state index contributed by atoms with van der Waals surface area (Å²) < 4.78 is 2.48. The van der Waals surface area contributed by atoms with Crippen LogP contribution in [0.4, 0.5) is 0 Å². The minimum absolute atomic E-state index is 0.676. The topological polar surface area (TPSA) is 29.9 Å². The molecule has 0 radical (unpaired) electrons. The lowest BCUT2D eigenvalue weighted by Crippen LogP contribution is -2.30. The predicted octanol–water partition coefficient (Wildman–Crippen LogP) is 2.81. The van der Waals surface area contributed by atoms with E-state index in [4.69, 9.17) is 0 Å². The summed E-state index contributed by atoms with van der Waals surface area (Å²) in [6.07, 6.45) is 13.0. The second-order valence-electron chi connectivity index (χ2n) is 5.59. The van der Waals surface area contributed by atoms with Crippen molar-refractivity contribution in [1.82, 2.24) is 14.9 Å². The van der Waals surface area contributed by atoms with Gasteiger partial charge in [-0.05, 0) is 44.9 Å². The molecule has 2 aliphatic rings. The molecule has 0 aromatic carbocycles. The number of aromatic nitrogens is 2. The van der Waals surface area contributed by atoms with Crippen LogP contribution in [0.15, 0.2) is 12.5 Å². The fourth-order valence-electron chi connectivity index (χ4n) is 3.42. The van der Waals surface area contributed by atoms with Crippen molar-refractivity contribution in [3.05, 3.63) is 18.2 Å². The molecule has 1 N–H and O–H groups in total. The first-order chi connectivity index (χ1) is 8.88. The molecule has 1 aromatic rings. The third-order valence-corrected chi connectivity index (χ3v) is 5.59. The van der Waals surface area contributed by atoms with Crippen LogP contribution in [0.1, 0.15) is 49.8 Å². The van der Waals surface area contributed by atoms with E-state index in [1.807, 2.05) is 11.8 Å². The van der Waals surface area contributed by atoms with Gasteiger partial charge in [0.15, 0.2) is 0 Å². The molecule has 1 saturated carbocycles. The second-order valence-corrected chi connectivity index (χ2v) is 6.73. The Morgan fingerprint density at radius 1 is 1.39 bits per heavy atom. The van der Waals surface area contributed by atoms with Gasteiger partial charge in [0.25, 0.3) is 0 Å². The van der Waals surface area contributed by atoms with E-state index in [0.717, 1.165) is 11.8 Å². The van der Waals surface area contributed by atoms with Gasteiger partial charge < -0.3 is 9.88 Å². The van der Waals surface area contributed by atoms with Crippen LogP contribution in [0.3, 0.4) is 0 Å². The Labute approximate surface area is 114 Å². The van der Waals surface area contributed by atoms with E-state index in [-0.39, 0.29) is 0 Å². The van der Waals surface area contributed by atoms with Gasteiger partial charge in [-0.15, -0.1) is 0 Å². The molecule has 18 heavy (non-hydrogen) atoms. The van der Waals surface area contributed by atoms with Crippen LogP contribution < -0.4 is 5.32 Å². The van der Waals surface area contributed by atoms with Gasteiger partial charge in [0, 0.05) is 35.6 Å². The highest BCUT2D eigenvalue weighted by molar-refractivity contribution is 7.99. The third-order valence-electron chi connectivity index (χ3n) is 4.49. The summed E-state index contributed by atoms with van der Waals surface area (Å²) in [6, 6.07) is 0.696. The van der Waals surface area contributed by atoms with Gasteiger partial charge in [0.2, 0.25) is 0 Å². The number of hydrogen-bond donors (Lipinski definition) is 1. The maximum absolute atomic E-state index is 4.42. The summed E-state index contributed by atoms with van der Waals surface area (Å²) in [7, 11) is 0. The van der Waals surface area contributed by atoms with Crippen LogP contribution in [-0.2, 0) is 0 Å². The normalized spacial score (nSPS) is 32.8. The zero-order valence-corrected chi connectivity index (χ0v) is 12.0. The lowest BCUT2D eigenvalue weighted by atomic mass is 9.96. The first-order valence-corrected chi connectivity index (χ1v) is 8.42. The minimum Gasteiger partial charge on any atom is -0.331 e. The summed E-state index contributed by atoms with van der Waals surface area (Å²) in [5, 5.41) is 4.37. The van der Waals surface area contributed by atoms with E-state index in [9.17, 15) is 0 Å². The van der Waals surface area contributed by atoms with Crippen molar-refractivity contribution in [3.63, 3.8) is 0 Å². The van der Waals surface area contributed by atoms with Crippen molar-refractivity contribution in [1.29, 1.82) is 0 Å². The van der Waals surface area contributed by atoms with Crippen LogP contribution in [-0.4, -0.2) is 34.1 Å². The van der Waals surface area contributed by atoms with Gasteiger partial charge in [-0.3, -0.25) is 0 Å². The molecule has 1 aliphatic heterocycles. The van der Waals surface area contributed by atoms with E-state index in [2.05, 4.69) is 33.6 Å². The van der Waals surface area contributed by atoms with Crippen LogP contribution in [0.2, 0.25) is 0 Å². The van der Waals surface area contributed by atoms with E-state index < -0.39 is 0 Å². The summed E-state index contributed by atoms with van der Waals surface area (Å²) in [6.45, 7) is 2.31. The molecule has 3 unspecified atom stereocenters. The van der Waals surface area contributed by atoms with E-state index in [0.29, 0.717) is 12.0 Å². The van der Waals surface area contributed by atoms with Gasteiger partial charge in [-0.2, -0.15) is 11.8 Å². The number of nitrogens with zero attached hydrogens (tertiary/aromatic N) is 2. The fraction of sp³-hybridized carbons (Fsp3) is 0.786. The maximum atomic E-state index is 4.42. The standard InChI is InChI=1S/C14H23N3S/c1-18-13-5-4-12(7-13)17-10-16-9-14(17)11-3-2-6-15-8-11/h9-13,15H,2-8H2,1H3. The summed E-state index contributed by atoms with van der Waals surface area (Å²) in [4.78, 5) is 4.42. The van der Waals surface area contributed by atoms with Crippen molar-refractivity contribution in [3.8, 4) is 0 Å². The summed E-state index contributed by atoms with van der Waals surface area (Å²) >= 11 is 2.03. The van der Waals surface area contributed by atoms with Crippen molar-refractivity contribution in [2.45, 2.75) is 49.3 Å². The van der Waals surface area contributed by atoms with E-state index in [1.54, 1.807) is 0 Å². The van der Waals surface area contributed by atoms with E-state index in [1.165, 1.54) is 44.3 Å². The van der Waals surface area contributed by atoms with Gasteiger partial charge in [0.1, 0.15) is 0 Å². The van der Waals surface area contributed by atoms with Crippen LogP contribution in [0, 0.1) is 0 Å². The molecule has 2 heterocycles. The summed E-state index contributed by atoms with van der Waals surface area (Å²) in [5.74, 6) is 0.676. The van der Waals surface area contributed by atoms with Crippen LogP contribution >= 0.6 is 11.8 Å². The van der Waals surface area contributed by atoms with Crippen molar-refractivity contribution >= 4 is 11.8 Å². The Morgan fingerprint density at radius 3 is 3.06 bits per heavy atom. The molecule has 3 atom stereocenters. The lowest BCUT2D eigenvalue weighted by molar-refractivity contribution is 0.418. The maximum Gasteiger partial charge on any atom is 0.0950 e. The molecule has 1 saturated heterocycles. The molecular formula is C14H23N3S. The minimum atomic E-state index is 0.676. The SMILES string of the molecule is CSC1CCC(n2cncc2C2CCCNC2)C1. The molecule has 4 heteroatoms. The molecule has 100 valence electrons. The average molecular weight is 265 g/mol. The number of rotatable bonds is 3. The molecule has 0 bridgehead atoms. The predicted molar refractivity (Wildman–Crippen MR) is 77.3 cm³/mol. The molecular weight excluding hydrogens is 242 g/mol. The average Bonchev–Trinajstić information content (AvgIpc) is 3.08. The van der Waals surface area contributed by atoms with E-state index >= 15 is 0 Å². The Morgan fingerprint density at radius 2 is 2.33 bits per heavy atom. The highest BCUT2D eigenvalue weighted by Crippen LogP contribution is 2.38. The first kappa shape index (κ1) is 12.5. The fourth-order valence-corrected chi connectivity index (χ4v) is 4.21. The second kappa shape index (κ2) is 5.66. The largest absolute Gasteiger partial charge is 0.331 e. The van der Waals surface area contributed by atoms with Crippen LogP contribution in [0.5, 0.6) is 0 Å². The van der Waals surface area contributed by atoms with Crippen molar-refractivity contribution in [2.75, 3.05) is 19.3 Å². The van der Waals surface area contributed by atoms with Gasteiger partial charge in [0.05, 0.1) is 6.33 Å². The third kappa shape index (κ3) is 2.45. The van der Waals surface area contributed by atoms with Gasteiger partial charge >= 0.3 is 0 Å². The zero-order chi connectivity index (χ0) is 12.4. The number of imidazole rings is 1. The highest BCUT2D eigenvalue weighted by Gasteiger charge is 2.28.